The molecule has 0 saturated carbocycles. The minimum absolute atomic E-state index is 0.116. The highest BCUT2D eigenvalue weighted by atomic mass is 16.5. The van der Waals surface area contributed by atoms with E-state index < -0.39 is 0 Å². The van der Waals surface area contributed by atoms with E-state index in [2.05, 4.69) is 10.1 Å². The van der Waals surface area contributed by atoms with Crippen LogP contribution in [0.2, 0.25) is 0 Å². The van der Waals surface area contributed by atoms with Crippen molar-refractivity contribution in [1.82, 2.24) is 14.8 Å². The molecular formula is C15H18N4O2. The van der Waals surface area contributed by atoms with Crippen LogP contribution in [0.25, 0.3) is 0 Å². The largest absolute Gasteiger partial charge is 0.489 e. The molecule has 3 rings (SSSR count). The van der Waals surface area contributed by atoms with Crippen molar-refractivity contribution in [1.29, 1.82) is 0 Å². The second kappa shape index (κ2) is 5.20. The van der Waals surface area contributed by atoms with Gasteiger partial charge in [-0.25, -0.2) is 0 Å². The van der Waals surface area contributed by atoms with Gasteiger partial charge in [-0.15, -0.1) is 0 Å². The topological polar surface area (TPSA) is 60.3 Å². The fraction of sp³-hybridized carbons (Fsp3) is 0.400. The van der Waals surface area contributed by atoms with Crippen LogP contribution >= 0.6 is 0 Å². The van der Waals surface area contributed by atoms with Crippen molar-refractivity contribution >= 4 is 11.6 Å². The van der Waals surface area contributed by atoms with E-state index in [9.17, 15) is 4.79 Å². The molecule has 0 aromatic carbocycles. The molecule has 0 saturated heterocycles. The van der Waals surface area contributed by atoms with E-state index in [1.165, 1.54) is 0 Å². The molecule has 21 heavy (non-hydrogen) atoms. The van der Waals surface area contributed by atoms with Crippen LogP contribution in [0.4, 0.5) is 5.69 Å². The zero-order chi connectivity index (χ0) is 15.0. The summed E-state index contributed by atoms with van der Waals surface area (Å²) in [5.41, 5.74) is 2.14. The first kappa shape index (κ1) is 13.6. The lowest BCUT2D eigenvalue weighted by atomic mass is 10.2. The summed E-state index contributed by atoms with van der Waals surface area (Å²) >= 11 is 0. The highest BCUT2D eigenvalue weighted by Crippen LogP contribution is 2.31. The van der Waals surface area contributed by atoms with Crippen molar-refractivity contribution in [3.63, 3.8) is 0 Å². The Bertz CT molecular complexity index is 678. The van der Waals surface area contributed by atoms with Crippen molar-refractivity contribution in [3.8, 4) is 5.75 Å². The number of aromatic nitrogens is 3. The minimum Gasteiger partial charge on any atom is -0.489 e. The smallest absolute Gasteiger partial charge is 0.279 e. The second-order valence-electron chi connectivity index (χ2n) is 5.36. The van der Waals surface area contributed by atoms with Crippen molar-refractivity contribution in [2.24, 2.45) is 0 Å². The Hall–Kier alpha value is -2.37. The van der Waals surface area contributed by atoms with Gasteiger partial charge in [0.1, 0.15) is 18.0 Å². The van der Waals surface area contributed by atoms with Crippen LogP contribution in [-0.2, 0) is 0 Å². The number of hydrogen-bond acceptors (Lipinski definition) is 4. The summed E-state index contributed by atoms with van der Waals surface area (Å²) in [6, 6.07) is 3.82. The Morgan fingerprint density at radius 3 is 2.95 bits per heavy atom. The summed E-state index contributed by atoms with van der Waals surface area (Å²) in [6.45, 7) is 7.03. The van der Waals surface area contributed by atoms with Gasteiger partial charge in [0.15, 0.2) is 5.69 Å². The average Bonchev–Trinajstić information content (AvgIpc) is 2.88. The number of nitrogens with zero attached hydrogens (tertiary/aromatic N) is 4. The first-order valence-corrected chi connectivity index (χ1v) is 7.02. The maximum absolute atomic E-state index is 12.7. The molecular weight excluding hydrogens is 268 g/mol. The van der Waals surface area contributed by atoms with E-state index in [1.807, 2.05) is 31.5 Å². The predicted molar refractivity (Wildman–Crippen MR) is 78.8 cm³/mol. The number of aryl methyl sites for hydroxylation is 1. The molecule has 0 N–H and O–H groups in total. The lowest BCUT2D eigenvalue weighted by Crippen LogP contribution is -2.38. The fourth-order valence-corrected chi connectivity index (χ4v) is 2.53. The van der Waals surface area contributed by atoms with Crippen molar-refractivity contribution in [3.05, 3.63) is 35.9 Å². The third-order valence-corrected chi connectivity index (χ3v) is 3.50. The number of carbonyl (C=O) groups is 1. The van der Waals surface area contributed by atoms with Crippen molar-refractivity contribution < 1.29 is 9.53 Å². The number of ether oxygens (including phenoxy) is 1. The fourth-order valence-electron chi connectivity index (χ4n) is 2.53. The van der Waals surface area contributed by atoms with E-state index in [1.54, 1.807) is 23.4 Å². The molecule has 0 unspecified atom stereocenters. The zero-order valence-electron chi connectivity index (χ0n) is 12.4. The van der Waals surface area contributed by atoms with E-state index in [-0.39, 0.29) is 11.9 Å². The van der Waals surface area contributed by atoms with Gasteiger partial charge >= 0.3 is 0 Å². The Kier molecular flexibility index (Phi) is 3.37. The monoisotopic (exact) mass is 286 g/mol. The standard InChI is InChI=1S/C15H18N4O2/c1-10(2)19-11(3)8-12(17-19)15(20)18-6-7-21-14-4-5-16-9-13(14)18/h4-5,8-10H,6-7H2,1-3H3. The van der Waals surface area contributed by atoms with Crippen molar-refractivity contribution in [2.45, 2.75) is 26.8 Å². The summed E-state index contributed by atoms with van der Waals surface area (Å²) in [5, 5.41) is 4.42. The lowest BCUT2D eigenvalue weighted by Gasteiger charge is -2.28. The SMILES string of the molecule is Cc1cc(C(=O)N2CCOc3ccncc32)nn1C(C)C. The van der Waals surface area contributed by atoms with Crippen LogP contribution in [-0.4, -0.2) is 33.8 Å². The molecule has 0 aliphatic carbocycles. The number of carbonyl (C=O) groups excluding carboxylic acids is 1. The first-order valence-electron chi connectivity index (χ1n) is 7.02. The maximum atomic E-state index is 12.7. The molecule has 0 radical (unpaired) electrons. The molecule has 3 heterocycles. The van der Waals surface area contributed by atoms with Gasteiger partial charge in [0.05, 0.1) is 12.7 Å². The molecule has 1 aliphatic rings. The molecule has 6 heteroatoms. The van der Waals surface area contributed by atoms with Crippen LogP contribution in [0.3, 0.4) is 0 Å². The highest BCUT2D eigenvalue weighted by molar-refractivity contribution is 6.05. The summed E-state index contributed by atoms with van der Waals surface area (Å²) < 4.78 is 7.41. The van der Waals surface area contributed by atoms with Crippen molar-refractivity contribution in [2.75, 3.05) is 18.1 Å². The van der Waals surface area contributed by atoms with Crippen LogP contribution in [0.1, 0.15) is 36.1 Å². The zero-order valence-corrected chi connectivity index (χ0v) is 12.4. The summed E-state index contributed by atoms with van der Waals surface area (Å²) in [5.74, 6) is 0.569. The van der Waals surface area contributed by atoms with Crippen LogP contribution in [0, 0.1) is 6.92 Å². The molecule has 0 spiro atoms. The molecule has 2 aromatic heterocycles. The van der Waals surface area contributed by atoms with Crippen LogP contribution in [0.15, 0.2) is 24.5 Å². The van der Waals surface area contributed by atoms with Crippen LogP contribution in [0.5, 0.6) is 5.75 Å². The third kappa shape index (κ3) is 2.37. The van der Waals surface area contributed by atoms with Gasteiger partial charge in [0.2, 0.25) is 0 Å². The number of hydrogen-bond donors (Lipinski definition) is 0. The third-order valence-electron chi connectivity index (χ3n) is 3.50. The molecule has 0 bridgehead atoms. The Labute approximate surface area is 123 Å². The number of amides is 1. The Morgan fingerprint density at radius 2 is 2.24 bits per heavy atom. The van der Waals surface area contributed by atoms with Gasteiger partial charge in [-0.05, 0) is 26.8 Å². The normalized spacial score (nSPS) is 14.0. The molecule has 110 valence electrons. The minimum atomic E-state index is -0.116. The lowest BCUT2D eigenvalue weighted by molar-refractivity contribution is 0.0970. The second-order valence-corrected chi connectivity index (χ2v) is 5.36. The molecule has 2 aromatic rings. The quantitative estimate of drug-likeness (QED) is 0.849. The van der Waals surface area contributed by atoms with Gasteiger partial charge in [-0.3, -0.25) is 19.4 Å². The van der Waals surface area contributed by atoms with Gasteiger partial charge in [-0.2, -0.15) is 5.10 Å². The van der Waals surface area contributed by atoms with Gasteiger partial charge < -0.3 is 4.74 Å². The summed E-state index contributed by atoms with van der Waals surface area (Å²) in [6.07, 6.45) is 3.31. The first-order chi connectivity index (χ1) is 10.1. The Morgan fingerprint density at radius 1 is 1.43 bits per heavy atom. The van der Waals surface area contributed by atoms with Gasteiger partial charge in [-0.1, -0.05) is 0 Å². The highest BCUT2D eigenvalue weighted by Gasteiger charge is 2.27. The molecule has 1 aliphatic heterocycles. The van der Waals surface area contributed by atoms with Gasteiger partial charge in [0.25, 0.3) is 5.91 Å². The molecule has 0 fully saturated rings. The van der Waals surface area contributed by atoms with Gasteiger partial charge in [0, 0.05) is 24.0 Å². The number of rotatable bonds is 2. The molecule has 0 atom stereocenters. The number of anilines is 1. The van der Waals surface area contributed by atoms with Crippen LogP contribution < -0.4 is 9.64 Å². The average molecular weight is 286 g/mol. The molecule has 1 amide bonds. The number of pyridine rings is 1. The molecule has 6 nitrogen and oxygen atoms in total. The predicted octanol–water partition coefficient (Wildman–Crippen LogP) is 2.21. The van der Waals surface area contributed by atoms with E-state index in [0.29, 0.717) is 30.3 Å². The van der Waals surface area contributed by atoms with E-state index >= 15 is 0 Å². The van der Waals surface area contributed by atoms with E-state index in [4.69, 9.17) is 4.74 Å². The van der Waals surface area contributed by atoms with E-state index in [0.717, 1.165) is 5.69 Å². The maximum Gasteiger partial charge on any atom is 0.279 e. The number of fused-ring (bicyclic) bond motifs is 1. The summed E-state index contributed by atoms with van der Waals surface area (Å²) in [4.78, 5) is 18.5. The Balaban J connectivity index is 1.95. The summed E-state index contributed by atoms with van der Waals surface area (Å²) in [7, 11) is 0.